The van der Waals surface area contributed by atoms with Gasteiger partial charge in [0, 0.05) is 25.1 Å². The maximum absolute atomic E-state index is 4.42. The number of thiophene rings is 1. The highest BCUT2D eigenvalue weighted by atomic mass is 32.1. The van der Waals surface area contributed by atoms with Crippen molar-refractivity contribution in [3.05, 3.63) is 58.7 Å². The number of aromatic nitrogens is 5. The lowest BCUT2D eigenvalue weighted by molar-refractivity contribution is 0.700. The Labute approximate surface area is 155 Å². The molecule has 1 aliphatic heterocycles. The van der Waals surface area contributed by atoms with Crippen LogP contribution in [0, 0.1) is 6.92 Å². The van der Waals surface area contributed by atoms with Gasteiger partial charge in [-0.25, -0.2) is 9.97 Å². The number of fused-ring (bicyclic) bond motifs is 2. The van der Waals surface area contributed by atoms with E-state index in [1.54, 1.807) is 17.7 Å². The number of nitrogens with zero attached hydrogens (tertiary/aromatic N) is 5. The Morgan fingerprint density at radius 3 is 2.92 bits per heavy atom. The predicted octanol–water partition coefficient (Wildman–Crippen LogP) is 3.87. The zero-order chi connectivity index (χ0) is 17.5. The first-order valence-corrected chi connectivity index (χ1v) is 9.61. The fourth-order valence-corrected chi connectivity index (χ4v) is 4.37. The largest absolute Gasteiger partial charge is 0.340 e. The molecule has 1 aromatic carbocycles. The molecule has 1 aliphatic rings. The molecule has 0 saturated heterocycles. The van der Waals surface area contributed by atoms with E-state index in [-0.39, 0.29) is 0 Å². The average Bonchev–Trinajstić information content (AvgIpc) is 3.35. The van der Waals surface area contributed by atoms with E-state index >= 15 is 0 Å². The molecule has 0 fully saturated rings. The minimum absolute atomic E-state index is 0.814. The van der Waals surface area contributed by atoms with Gasteiger partial charge in [0.25, 0.3) is 0 Å². The van der Waals surface area contributed by atoms with E-state index in [4.69, 9.17) is 0 Å². The summed E-state index contributed by atoms with van der Waals surface area (Å²) in [4.78, 5) is 9.77. The third-order valence-electron chi connectivity index (χ3n) is 4.82. The number of hydrogen-bond acceptors (Lipinski definition) is 6. The predicted molar refractivity (Wildman–Crippen MR) is 103 cm³/mol. The summed E-state index contributed by atoms with van der Waals surface area (Å²) in [5.41, 5.74) is 3.45. The highest BCUT2D eigenvalue weighted by Gasteiger charge is 2.17. The Morgan fingerprint density at radius 2 is 2.04 bits per heavy atom. The summed E-state index contributed by atoms with van der Waals surface area (Å²) in [5.74, 6) is 3.04. The number of rotatable bonds is 4. The van der Waals surface area contributed by atoms with Crippen LogP contribution in [-0.4, -0.2) is 24.7 Å². The fraction of sp³-hybridized carbons (Fsp3) is 0.263. The number of anilines is 2. The van der Waals surface area contributed by atoms with E-state index in [1.165, 1.54) is 17.5 Å². The zero-order valence-corrected chi connectivity index (χ0v) is 15.3. The van der Waals surface area contributed by atoms with Gasteiger partial charge in [0.15, 0.2) is 0 Å². The molecule has 0 saturated carbocycles. The molecule has 0 unspecified atom stereocenters. The molecular weight excluding hydrogens is 344 g/mol. The van der Waals surface area contributed by atoms with Crippen molar-refractivity contribution >= 4 is 33.1 Å². The monoisotopic (exact) mass is 362 g/mol. The maximum Gasteiger partial charge on any atom is 0.142 e. The van der Waals surface area contributed by atoms with E-state index in [0.717, 1.165) is 52.8 Å². The fourth-order valence-electron chi connectivity index (χ4n) is 3.48. The van der Waals surface area contributed by atoms with Crippen molar-refractivity contribution in [2.45, 2.75) is 32.7 Å². The quantitative estimate of drug-likeness (QED) is 0.597. The van der Waals surface area contributed by atoms with E-state index in [0.29, 0.717) is 0 Å². The Balaban J connectivity index is 1.37. The van der Waals surface area contributed by atoms with Crippen LogP contribution in [0.5, 0.6) is 0 Å². The smallest absolute Gasteiger partial charge is 0.142 e. The van der Waals surface area contributed by atoms with E-state index in [2.05, 4.69) is 66.6 Å². The molecule has 26 heavy (non-hydrogen) atoms. The van der Waals surface area contributed by atoms with Crippen LogP contribution < -0.4 is 5.32 Å². The molecule has 0 bridgehead atoms. The second kappa shape index (κ2) is 6.17. The van der Waals surface area contributed by atoms with E-state index in [9.17, 15) is 0 Å². The second-order valence-corrected chi connectivity index (χ2v) is 7.47. The van der Waals surface area contributed by atoms with Crippen LogP contribution in [0.1, 0.15) is 29.2 Å². The van der Waals surface area contributed by atoms with Gasteiger partial charge in [-0.2, -0.15) is 0 Å². The van der Waals surface area contributed by atoms with Gasteiger partial charge in [-0.05, 0) is 42.0 Å². The average molecular weight is 362 g/mol. The van der Waals surface area contributed by atoms with Crippen LogP contribution in [0.15, 0.2) is 36.0 Å². The SMILES string of the molecule is Cc1csc2ncnc(Nc3ccc(Cc4nnc5n4CCC5)cc3)c12. The van der Waals surface area contributed by atoms with Crippen LogP contribution in [0.2, 0.25) is 0 Å². The maximum atomic E-state index is 4.42. The Kier molecular flexibility index (Phi) is 3.67. The van der Waals surface area contributed by atoms with Crippen molar-refractivity contribution < 1.29 is 0 Å². The van der Waals surface area contributed by atoms with Crippen LogP contribution in [-0.2, 0) is 19.4 Å². The third-order valence-corrected chi connectivity index (χ3v) is 5.82. The van der Waals surface area contributed by atoms with Crippen LogP contribution in [0.25, 0.3) is 10.2 Å². The summed E-state index contributed by atoms with van der Waals surface area (Å²) in [6.07, 6.45) is 4.65. The Hall–Kier alpha value is -2.80. The molecule has 4 heterocycles. The van der Waals surface area contributed by atoms with Gasteiger partial charge in [-0.1, -0.05) is 12.1 Å². The van der Waals surface area contributed by atoms with Gasteiger partial charge < -0.3 is 9.88 Å². The van der Waals surface area contributed by atoms with E-state index < -0.39 is 0 Å². The highest BCUT2D eigenvalue weighted by molar-refractivity contribution is 7.17. The number of aryl methyl sites for hydroxylation is 2. The standard InChI is InChI=1S/C19H18N6S/c1-12-10-26-19-17(12)18(20-11-21-19)22-14-6-4-13(5-7-14)9-16-24-23-15-3-2-8-25(15)16/h4-7,10-11H,2-3,8-9H2,1H3,(H,20,21,22). The van der Waals surface area contributed by atoms with Crippen LogP contribution in [0.4, 0.5) is 11.5 Å². The molecule has 1 N–H and O–H groups in total. The summed E-state index contributed by atoms with van der Waals surface area (Å²) < 4.78 is 2.25. The van der Waals surface area contributed by atoms with Crippen molar-refractivity contribution in [3.8, 4) is 0 Å². The second-order valence-electron chi connectivity index (χ2n) is 6.61. The molecule has 0 spiro atoms. The van der Waals surface area contributed by atoms with Gasteiger partial charge in [-0.15, -0.1) is 21.5 Å². The summed E-state index contributed by atoms with van der Waals surface area (Å²) >= 11 is 1.65. The summed E-state index contributed by atoms with van der Waals surface area (Å²) in [6, 6.07) is 8.45. The lowest BCUT2D eigenvalue weighted by Gasteiger charge is -2.08. The molecule has 0 radical (unpaired) electrons. The molecule has 7 heteroatoms. The third kappa shape index (κ3) is 2.64. The number of benzene rings is 1. The van der Waals surface area contributed by atoms with Gasteiger partial charge in [-0.3, -0.25) is 0 Å². The summed E-state index contributed by atoms with van der Waals surface area (Å²) in [5, 5.41) is 15.3. The molecule has 0 amide bonds. The highest BCUT2D eigenvalue weighted by Crippen LogP contribution is 2.30. The van der Waals surface area contributed by atoms with Crippen LogP contribution in [0.3, 0.4) is 0 Å². The molecule has 5 rings (SSSR count). The first-order valence-electron chi connectivity index (χ1n) is 8.73. The lowest BCUT2D eigenvalue weighted by Crippen LogP contribution is -2.02. The van der Waals surface area contributed by atoms with Gasteiger partial charge in [0.1, 0.15) is 28.6 Å². The number of hydrogen-bond donors (Lipinski definition) is 1. The zero-order valence-electron chi connectivity index (χ0n) is 14.4. The van der Waals surface area contributed by atoms with Crippen molar-refractivity contribution in [2.75, 3.05) is 5.32 Å². The van der Waals surface area contributed by atoms with Gasteiger partial charge in [0.2, 0.25) is 0 Å². The first kappa shape index (κ1) is 15.5. The lowest BCUT2D eigenvalue weighted by atomic mass is 10.1. The first-order chi connectivity index (χ1) is 12.8. The molecular formula is C19H18N6S. The molecule has 0 atom stereocenters. The van der Waals surface area contributed by atoms with E-state index in [1.807, 2.05) is 0 Å². The summed E-state index contributed by atoms with van der Waals surface area (Å²) in [6.45, 7) is 3.13. The van der Waals surface area contributed by atoms with Crippen molar-refractivity contribution in [1.29, 1.82) is 0 Å². The van der Waals surface area contributed by atoms with Gasteiger partial charge >= 0.3 is 0 Å². The molecule has 4 aromatic rings. The minimum atomic E-state index is 0.814. The van der Waals surface area contributed by atoms with Crippen molar-refractivity contribution in [2.24, 2.45) is 0 Å². The van der Waals surface area contributed by atoms with Crippen LogP contribution >= 0.6 is 11.3 Å². The Morgan fingerprint density at radius 1 is 1.15 bits per heavy atom. The van der Waals surface area contributed by atoms with Crippen molar-refractivity contribution in [3.63, 3.8) is 0 Å². The number of nitrogens with one attached hydrogen (secondary N) is 1. The Bertz CT molecular complexity index is 1080. The molecule has 130 valence electrons. The molecule has 6 nitrogen and oxygen atoms in total. The molecule has 0 aliphatic carbocycles. The minimum Gasteiger partial charge on any atom is -0.340 e. The molecule has 3 aromatic heterocycles. The normalized spacial score (nSPS) is 13.3. The van der Waals surface area contributed by atoms with Gasteiger partial charge in [0.05, 0.1) is 5.39 Å². The topological polar surface area (TPSA) is 68.5 Å². The summed E-state index contributed by atoms with van der Waals surface area (Å²) in [7, 11) is 0. The van der Waals surface area contributed by atoms with Crippen molar-refractivity contribution in [1.82, 2.24) is 24.7 Å².